The fourth-order valence-corrected chi connectivity index (χ4v) is 2.10. The van der Waals surface area contributed by atoms with E-state index in [1.165, 1.54) is 16.9 Å². The molecule has 0 aliphatic rings. The van der Waals surface area contributed by atoms with Gasteiger partial charge in [0.1, 0.15) is 5.69 Å². The molecule has 7 nitrogen and oxygen atoms in total. The van der Waals surface area contributed by atoms with Crippen molar-refractivity contribution in [3.63, 3.8) is 0 Å². The van der Waals surface area contributed by atoms with Crippen LogP contribution in [0.2, 0.25) is 0 Å². The fraction of sp³-hybridized carbons (Fsp3) is 0.294. The van der Waals surface area contributed by atoms with E-state index in [1.807, 2.05) is 19.9 Å². The summed E-state index contributed by atoms with van der Waals surface area (Å²) < 4.78 is 1.41. The van der Waals surface area contributed by atoms with Crippen LogP contribution in [0.15, 0.2) is 30.5 Å². The molecule has 1 aromatic carbocycles. The van der Waals surface area contributed by atoms with Gasteiger partial charge in [-0.3, -0.25) is 14.3 Å². The van der Waals surface area contributed by atoms with E-state index in [1.54, 1.807) is 25.2 Å². The first kappa shape index (κ1) is 17.2. The lowest BCUT2D eigenvalue weighted by molar-refractivity contribution is 0.0940. The minimum atomic E-state index is -0.405. The summed E-state index contributed by atoms with van der Waals surface area (Å²) in [4.78, 5) is 24.6. The smallest absolute Gasteiger partial charge is 0.271 e. The van der Waals surface area contributed by atoms with Crippen molar-refractivity contribution in [1.82, 2.24) is 15.1 Å². The third kappa shape index (κ3) is 3.98. The third-order valence-electron chi connectivity index (χ3n) is 3.33. The summed E-state index contributed by atoms with van der Waals surface area (Å²) in [6, 6.07) is 8.33. The predicted molar refractivity (Wildman–Crippen MR) is 89.5 cm³/mol. The molecule has 0 fully saturated rings. The van der Waals surface area contributed by atoms with Crippen molar-refractivity contribution in [2.75, 3.05) is 11.9 Å². The Bertz CT molecular complexity index is 802. The Morgan fingerprint density at radius 3 is 2.75 bits per heavy atom. The van der Waals surface area contributed by atoms with Crippen molar-refractivity contribution >= 4 is 17.5 Å². The molecule has 0 radical (unpaired) electrons. The molecule has 0 saturated heterocycles. The molecule has 2 amide bonds. The molecule has 0 bridgehead atoms. The number of carbonyl (C=O) groups is 2. The Kier molecular flexibility index (Phi) is 5.32. The average molecular weight is 325 g/mol. The van der Waals surface area contributed by atoms with Crippen molar-refractivity contribution in [1.29, 1.82) is 5.26 Å². The first-order valence-corrected chi connectivity index (χ1v) is 7.54. The highest BCUT2D eigenvalue weighted by Gasteiger charge is 2.19. The topological polar surface area (TPSA) is 99.8 Å². The lowest BCUT2D eigenvalue weighted by atomic mass is 10.1. The predicted octanol–water partition coefficient (Wildman–Crippen LogP) is 1.93. The number of hydrogen-bond donors (Lipinski definition) is 2. The third-order valence-corrected chi connectivity index (χ3v) is 3.33. The van der Waals surface area contributed by atoms with Gasteiger partial charge in [-0.05, 0) is 24.1 Å². The zero-order chi connectivity index (χ0) is 17.7. The Labute approximate surface area is 140 Å². The van der Waals surface area contributed by atoms with E-state index in [9.17, 15) is 9.59 Å². The number of carbonyl (C=O) groups excluding carboxylic acids is 2. The van der Waals surface area contributed by atoms with Crippen LogP contribution in [-0.2, 0) is 7.05 Å². The molecule has 124 valence electrons. The number of nitriles is 1. The Balaban J connectivity index is 2.19. The highest BCUT2D eigenvalue weighted by molar-refractivity contribution is 6.08. The minimum absolute atomic E-state index is 0.278. The largest absolute Gasteiger partial charge is 0.350 e. The maximum Gasteiger partial charge on any atom is 0.271 e. The number of nitrogens with zero attached hydrogens (tertiary/aromatic N) is 3. The fourth-order valence-electron chi connectivity index (χ4n) is 2.10. The molecule has 2 rings (SSSR count). The number of hydrogen-bond acceptors (Lipinski definition) is 4. The van der Waals surface area contributed by atoms with Crippen molar-refractivity contribution in [2.24, 2.45) is 13.0 Å². The molecule has 7 heteroatoms. The van der Waals surface area contributed by atoms with Gasteiger partial charge >= 0.3 is 0 Å². The van der Waals surface area contributed by atoms with Crippen molar-refractivity contribution < 1.29 is 9.59 Å². The van der Waals surface area contributed by atoms with E-state index in [0.717, 1.165) is 0 Å². The van der Waals surface area contributed by atoms with E-state index >= 15 is 0 Å². The summed E-state index contributed by atoms with van der Waals surface area (Å²) in [5, 5.41) is 18.4. The number of amides is 2. The molecule has 0 saturated carbocycles. The zero-order valence-corrected chi connectivity index (χ0v) is 13.8. The van der Waals surface area contributed by atoms with E-state index in [-0.39, 0.29) is 11.6 Å². The van der Waals surface area contributed by atoms with Gasteiger partial charge in [-0.1, -0.05) is 19.9 Å². The van der Waals surface area contributed by atoms with Crippen LogP contribution in [0.25, 0.3) is 0 Å². The molecule has 0 unspecified atom stereocenters. The summed E-state index contributed by atoms with van der Waals surface area (Å²) in [6.07, 6.45) is 1.43. The molecule has 0 aliphatic heterocycles. The highest BCUT2D eigenvalue weighted by atomic mass is 16.2. The molecule has 0 spiro atoms. The Morgan fingerprint density at radius 1 is 1.33 bits per heavy atom. The lowest BCUT2D eigenvalue weighted by Gasteiger charge is -2.10. The molecular formula is C17H19N5O2. The van der Waals surface area contributed by atoms with Crippen LogP contribution < -0.4 is 10.6 Å². The Morgan fingerprint density at radius 2 is 2.08 bits per heavy atom. The summed E-state index contributed by atoms with van der Waals surface area (Å²) in [5.41, 5.74) is 1.33. The molecule has 24 heavy (non-hydrogen) atoms. The number of benzene rings is 1. The minimum Gasteiger partial charge on any atom is -0.350 e. The number of anilines is 1. The molecule has 2 N–H and O–H groups in total. The number of aromatic nitrogens is 2. The SMILES string of the molecule is CC(C)CNC(=O)c1c(NC(=O)c2cccc(C#N)c2)cnn1C. The van der Waals surface area contributed by atoms with Gasteiger partial charge in [-0.15, -0.1) is 0 Å². The van der Waals surface area contributed by atoms with Crippen molar-refractivity contribution in [3.05, 3.63) is 47.3 Å². The van der Waals surface area contributed by atoms with Gasteiger partial charge in [0.05, 0.1) is 23.5 Å². The summed E-state index contributed by atoms with van der Waals surface area (Å²) >= 11 is 0. The van der Waals surface area contributed by atoms with Gasteiger partial charge in [0.25, 0.3) is 11.8 Å². The maximum atomic E-state index is 12.3. The van der Waals surface area contributed by atoms with Crippen LogP contribution in [0.3, 0.4) is 0 Å². The van der Waals surface area contributed by atoms with Gasteiger partial charge in [0.2, 0.25) is 0 Å². The number of aryl methyl sites for hydroxylation is 1. The van der Waals surface area contributed by atoms with Crippen LogP contribution in [0.1, 0.15) is 40.3 Å². The molecule has 1 aromatic heterocycles. The van der Waals surface area contributed by atoms with E-state index in [2.05, 4.69) is 15.7 Å². The maximum absolute atomic E-state index is 12.3. The van der Waals surface area contributed by atoms with E-state index in [4.69, 9.17) is 5.26 Å². The van der Waals surface area contributed by atoms with Gasteiger partial charge in [-0.25, -0.2) is 0 Å². The van der Waals surface area contributed by atoms with Gasteiger partial charge in [0.15, 0.2) is 0 Å². The monoisotopic (exact) mass is 325 g/mol. The van der Waals surface area contributed by atoms with E-state index < -0.39 is 5.91 Å². The van der Waals surface area contributed by atoms with E-state index in [0.29, 0.717) is 29.3 Å². The molecular weight excluding hydrogens is 306 g/mol. The highest BCUT2D eigenvalue weighted by Crippen LogP contribution is 2.16. The van der Waals surface area contributed by atoms with Crippen LogP contribution in [0.5, 0.6) is 0 Å². The van der Waals surface area contributed by atoms with Crippen LogP contribution in [-0.4, -0.2) is 28.1 Å². The standard InChI is InChI=1S/C17H19N5O2/c1-11(2)9-19-17(24)15-14(10-20-22(15)3)21-16(23)13-6-4-5-12(7-13)8-18/h4-7,10-11H,9H2,1-3H3,(H,19,24)(H,21,23). The second-order valence-corrected chi connectivity index (χ2v) is 5.78. The van der Waals surface area contributed by atoms with Gasteiger partial charge in [-0.2, -0.15) is 10.4 Å². The summed E-state index contributed by atoms with van der Waals surface area (Å²) in [7, 11) is 1.64. The van der Waals surface area contributed by atoms with Gasteiger partial charge in [0, 0.05) is 19.2 Å². The quantitative estimate of drug-likeness (QED) is 0.877. The number of nitrogens with one attached hydrogen (secondary N) is 2. The summed E-state index contributed by atoms with van der Waals surface area (Å²) in [6.45, 7) is 4.52. The summed E-state index contributed by atoms with van der Waals surface area (Å²) in [5.74, 6) is -0.392. The molecule has 0 atom stereocenters. The van der Waals surface area contributed by atoms with Crippen LogP contribution in [0.4, 0.5) is 5.69 Å². The van der Waals surface area contributed by atoms with Crippen LogP contribution in [0, 0.1) is 17.2 Å². The first-order chi connectivity index (χ1) is 11.4. The van der Waals surface area contributed by atoms with Crippen LogP contribution >= 0.6 is 0 Å². The second-order valence-electron chi connectivity index (χ2n) is 5.78. The number of rotatable bonds is 5. The second kappa shape index (κ2) is 7.42. The normalized spacial score (nSPS) is 10.3. The van der Waals surface area contributed by atoms with Crippen molar-refractivity contribution in [2.45, 2.75) is 13.8 Å². The van der Waals surface area contributed by atoms with Crippen molar-refractivity contribution in [3.8, 4) is 6.07 Å². The molecule has 1 heterocycles. The average Bonchev–Trinajstić information content (AvgIpc) is 2.93. The first-order valence-electron chi connectivity index (χ1n) is 7.54. The molecule has 0 aliphatic carbocycles. The molecule has 2 aromatic rings. The van der Waals surface area contributed by atoms with Gasteiger partial charge < -0.3 is 10.6 Å². The lowest BCUT2D eigenvalue weighted by Crippen LogP contribution is -2.30. The Hall–Kier alpha value is -3.14. The zero-order valence-electron chi connectivity index (χ0n) is 13.8.